The summed E-state index contributed by atoms with van der Waals surface area (Å²) in [6, 6.07) is 7.12. The number of rotatable bonds is 35. The summed E-state index contributed by atoms with van der Waals surface area (Å²) in [7, 11) is 2.31. The van der Waals surface area contributed by atoms with Crippen LogP contribution in [0, 0.1) is 35.0 Å². The molecule has 0 amide bonds. The first-order valence-electron chi connectivity index (χ1n) is 57.2. The van der Waals surface area contributed by atoms with Crippen molar-refractivity contribution in [2.45, 2.75) is 521 Å². The second kappa shape index (κ2) is 58.9. The van der Waals surface area contributed by atoms with Gasteiger partial charge in [-0.05, 0) is 424 Å². The van der Waals surface area contributed by atoms with E-state index in [1.807, 2.05) is 27.0 Å². The Morgan fingerprint density at radius 1 is 0.406 bits per heavy atom. The first kappa shape index (κ1) is 125. The Kier molecular flexibility index (Phi) is 53.2. The van der Waals surface area contributed by atoms with E-state index < -0.39 is 5.92 Å². The number of ether oxygens (including phenoxy) is 5. The van der Waals surface area contributed by atoms with E-state index in [2.05, 4.69) is 317 Å². The quantitative estimate of drug-likeness (QED) is 0.0693. The van der Waals surface area contributed by atoms with Crippen molar-refractivity contribution in [2.24, 2.45) is 35.0 Å². The van der Waals surface area contributed by atoms with Crippen LogP contribution in [-0.4, -0.2) is 371 Å². The van der Waals surface area contributed by atoms with Crippen LogP contribution in [0.3, 0.4) is 0 Å². The molecule has 0 unspecified atom stereocenters. The zero-order valence-corrected chi connectivity index (χ0v) is 97.7. The summed E-state index contributed by atoms with van der Waals surface area (Å²) in [6.45, 7) is 113. The molecule has 0 bridgehead atoms. The molecule has 0 aromatic carbocycles. The van der Waals surface area contributed by atoms with Crippen molar-refractivity contribution in [1.82, 2.24) is 74.1 Å². The Balaban J connectivity index is 0.000000247. The molecule has 1 N–H and O–H groups in total. The van der Waals surface area contributed by atoms with Crippen molar-refractivity contribution in [2.75, 3.05) is 171 Å². The van der Waals surface area contributed by atoms with Gasteiger partial charge in [-0.1, -0.05) is 48.5 Å². The fourth-order valence-corrected chi connectivity index (χ4v) is 22.1. The lowest BCUT2D eigenvalue weighted by molar-refractivity contribution is -0.0861. The van der Waals surface area contributed by atoms with Gasteiger partial charge in [-0.2, -0.15) is 0 Å². The molecule has 8 heterocycles. The molecular formula is C116H229F2N15O5. The highest BCUT2D eigenvalue weighted by atomic mass is 19.3. The average Bonchev–Trinajstić information content (AvgIpc) is 0.813. The van der Waals surface area contributed by atoms with Crippen LogP contribution in [0.1, 0.15) is 390 Å². The van der Waals surface area contributed by atoms with Crippen LogP contribution in [-0.2, 0) is 24.4 Å². The van der Waals surface area contributed by atoms with E-state index in [9.17, 15) is 8.78 Å². The Bertz CT molecular complexity index is 3230. The summed E-state index contributed by atoms with van der Waals surface area (Å²) >= 11 is 0. The van der Waals surface area contributed by atoms with Gasteiger partial charge in [0.2, 0.25) is 11.8 Å². The molecule has 12 rings (SSSR count). The first-order chi connectivity index (χ1) is 64.1. The fraction of sp³-hybridized carbons (Fsp3) is 0.966. The molecule has 11 fully saturated rings. The zero-order valence-electron chi connectivity index (χ0n) is 97.7. The predicted molar refractivity (Wildman–Crippen MR) is 584 cm³/mol. The van der Waals surface area contributed by atoms with Crippen LogP contribution in [0.25, 0.3) is 0 Å². The van der Waals surface area contributed by atoms with Crippen LogP contribution >= 0.6 is 0 Å². The molecule has 7 aliphatic heterocycles. The molecule has 1 aromatic heterocycles. The number of alkyl halides is 2. The minimum absolute atomic E-state index is 0.0300. The summed E-state index contributed by atoms with van der Waals surface area (Å²) in [5.41, 5.74) is 1.69. The van der Waals surface area contributed by atoms with Gasteiger partial charge in [-0.3, -0.25) is 24.6 Å². The lowest BCUT2D eigenvalue weighted by Gasteiger charge is -2.47. The molecule has 7 saturated heterocycles. The number of nitrogens with zero attached hydrogens (tertiary/aromatic N) is 14. The highest BCUT2D eigenvalue weighted by Gasteiger charge is 2.42. The fourth-order valence-electron chi connectivity index (χ4n) is 22.1. The van der Waals surface area contributed by atoms with Gasteiger partial charge in [0.1, 0.15) is 6.10 Å². The lowest BCUT2D eigenvalue weighted by Crippen LogP contribution is -2.56. The van der Waals surface area contributed by atoms with E-state index in [0.29, 0.717) is 90.2 Å². The van der Waals surface area contributed by atoms with Gasteiger partial charge in [-0.25, -0.2) is 13.8 Å². The third-order valence-corrected chi connectivity index (χ3v) is 31.6. The zero-order chi connectivity index (χ0) is 103. The number of piperidine rings is 4. The van der Waals surface area contributed by atoms with Gasteiger partial charge < -0.3 is 68.2 Å². The molecule has 20 nitrogen and oxygen atoms in total. The normalized spacial score (nSPS) is 25.2. The molecule has 0 radical (unpaired) electrons. The summed E-state index contributed by atoms with van der Waals surface area (Å²) in [5.74, 6) is 2.61. The highest BCUT2D eigenvalue weighted by Crippen LogP contribution is 2.38. The number of piperazine rings is 2. The average molecular weight is 1950 g/mol. The summed E-state index contributed by atoms with van der Waals surface area (Å²) in [4.78, 5) is 40.6. The SMILES string of the molecule is CC(C)(C)CCCC(F)(F)CCOC(C)(C)C.CC(C)(C)N1CCC(CN2CCN(C(C)(C)C)CC2)CC1.CC(C)(C)NC1CC(Oc2cnc(C(C)(C)C)cn2)C1.CC(C)N1CCN(CC2CN(C(C)C)C2)CC1.CC(C)OC1CC(N(C)CC2CCN(C(C)C)CC2)C1.CC(C)OC1CC(N(CC2CCN(C(C)C)CC2)C(C)C)C1.CCN(CC1CCN(C(C)C)CC1)C1CC(OC(C)C)C1. The van der Waals surface area contributed by atoms with E-state index in [0.717, 1.165) is 84.8 Å². The minimum Gasteiger partial charge on any atom is -0.473 e. The van der Waals surface area contributed by atoms with Crippen molar-refractivity contribution in [3.05, 3.63) is 18.1 Å². The Labute approximate surface area is 852 Å². The Morgan fingerprint density at radius 2 is 0.797 bits per heavy atom. The van der Waals surface area contributed by atoms with E-state index in [-0.39, 0.29) is 47.5 Å². The third-order valence-electron chi connectivity index (χ3n) is 31.6. The van der Waals surface area contributed by atoms with Gasteiger partial charge >= 0.3 is 0 Å². The van der Waals surface area contributed by atoms with Gasteiger partial charge in [0.25, 0.3) is 0 Å². The smallest absolute Gasteiger partial charge is 0.250 e. The third kappa shape index (κ3) is 48.6. The van der Waals surface area contributed by atoms with E-state index >= 15 is 0 Å². The Hall–Kier alpha value is -1.94. The Morgan fingerprint density at radius 3 is 1.17 bits per heavy atom. The monoisotopic (exact) mass is 1950 g/mol. The molecule has 138 heavy (non-hydrogen) atoms. The second-order valence-electron chi connectivity index (χ2n) is 53.5. The number of halogens is 2. The van der Waals surface area contributed by atoms with Crippen LogP contribution in [0.15, 0.2) is 12.4 Å². The minimum atomic E-state index is -2.59. The van der Waals surface area contributed by atoms with Gasteiger partial charge in [0, 0.05) is 193 Å². The maximum atomic E-state index is 13.5. The van der Waals surface area contributed by atoms with Crippen molar-refractivity contribution in [3.8, 4) is 5.88 Å². The van der Waals surface area contributed by atoms with Crippen LogP contribution < -0.4 is 10.1 Å². The molecule has 0 atom stereocenters. The maximum absolute atomic E-state index is 13.5. The molecule has 11 aliphatic rings. The number of aromatic nitrogens is 2. The summed E-state index contributed by atoms with van der Waals surface area (Å²) in [5, 5.41) is 3.58. The molecule has 22 heteroatoms. The topological polar surface area (TPSA) is 123 Å². The van der Waals surface area contributed by atoms with E-state index in [4.69, 9.17) is 23.7 Å². The number of likely N-dealkylation sites (tertiary alicyclic amines) is 5. The predicted octanol–water partition coefficient (Wildman–Crippen LogP) is 22.5. The summed E-state index contributed by atoms with van der Waals surface area (Å²) < 4.78 is 55.9. The summed E-state index contributed by atoms with van der Waals surface area (Å²) in [6.07, 6.45) is 28.3. The van der Waals surface area contributed by atoms with Crippen LogP contribution in [0.2, 0.25) is 0 Å². The number of nitrogens with one attached hydrogen (secondary N) is 1. The van der Waals surface area contributed by atoms with Crippen molar-refractivity contribution in [3.63, 3.8) is 0 Å². The lowest BCUT2D eigenvalue weighted by atomic mass is 9.85. The van der Waals surface area contributed by atoms with Gasteiger partial charge in [-0.15, -0.1) is 0 Å². The van der Waals surface area contributed by atoms with Crippen molar-refractivity contribution < 1.29 is 32.5 Å². The second-order valence-corrected chi connectivity index (χ2v) is 53.5. The van der Waals surface area contributed by atoms with Crippen molar-refractivity contribution >= 4 is 0 Å². The van der Waals surface area contributed by atoms with E-state index in [1.165, 1.54) is 247 Å². The van der Waals surface area contributed by atoms with Crippen molar-refractivity contribution in [1.29, 1.82) is 0 Å². The first-order valence-corrected chi connectivity index (χ1v) is 57.2. The molecule has 0 spiro atoms. The number of hydrogen-bond donors (Lipinski definition) is 1. The largest absolute Gasteiger partial charge is 0.473 e. The molecule has 1 aromatic rings. The standard InChI is InChI=1S/C19H38N2O.C18H37N3.C18H36N2O.C17H34N2O.C16H27N3O.C14H28F2O.C14H29N3/c1-14(2)20-9-7-17(8-10-20)13-21(15(3)4)18-11-19(12-18)22-16(5)6;1-17(2,3)20-9-7-16(8-10-20)15-19-11-13-21(14-12-19)18(4,5)6;1-6-19(17-11-18(12-17)21-15(4)5)13-16-7-9-20(10-8-16)14(2)3;1-13(2)19-8-6-15(7-9-19)12-18(5)16-10-17(11-16)20-14(3)4;1-15(2,3)13-9-18-14(10-17-13)20-12-7-11(8-12)19-16(4,5)6;1-12(2,3)8-7-9-14(15,16)10-11-17-13(4,5)6;1-12(2)16-7-5-15(6-8-16)9-14-10-17(11-14)13(3)4/h14-19H,7-13H2,1-6H3;16H,7-15H2,1-6H3;14-18H,6-13H2,1-5H3;13-17H,6-12H2,1-5H3;9-12,19H,7-8H2,1-6H3;7-11H2,1-6H3;12-14H,5-11H2,1-4H3. The van der Waals surface area contributed by atoms with Crippen LogP contribution in [0.5, 0.6) is 5.88 Å². The van der Waals surface area contributed by atoms with Gasteiger partial charge in [0.05, 0.1) is 66.9 Å². The maximum Gasteiger partial charge on any atom is 0.250 e. The van der Waals surface area contributed by atoms with Crippen LogP contribution in [0.4, 0.5) is 8.78 Å². The number of hydrogen-bond acceptors (Lipinski definition) is 20. The molecular weight excluding hydrogens is 1720 g/mol. The molecule has 812 valence electrons. The van der Waals surface area contributed by atoms with E-state index in [1.54, 1.807) is 6.20 Å². The van der Waals surface area contributed by atoms with Gasteiger partial charge in [0.15, 0.2) is 0 Å². The molecule has 4 aliphatic carbocycles. The molecule has 4 saturated carbocycles. The highest BCUT2D eigenvalue weighted by molar-refractivity contribution is 5.14.